The first kappa shape index (κ1) is 62.8. The maximum absolute atomic E-state index is 12.5. The number of hydrogen-bond acceptors (Lipinski definition) is 22. The molecule has 0 radical (unpaired) electrons. The standard InChI is InChI=1S/C24H24N6O3.C22H18N6O.C22H19N5O3/c1-24(2,23(32)27-10-11-31)20-12-16(8-9-26-20)18-14-28-22(25)21(29-18)19-13-17(30-33-19)15-6-4-3-5-7-15;1-22(2,13-23)19-10-15(8-9-25-19)17-12-26-21(24)20(27-17)18-11-16(28-29-18)14-6-4-3-5-7-14;1-22(2,21(28)29)18-10-14(8-9-24-18)16-12-25-20(23)19(26-16)17-11-15(27-30-17)13-6-4-3-5-7-13/h3-9,12-14,31H,10-11H2,1-2H3,(H2,25,28)(H,27,32);3-12H,1-2H3,(H2,24,26);3-12H,1-2H3,(H2,23,25)(H,28,29). The van der Waals surface area contributed by atoms with Gasteiger partial charge < -0.3 is 46.3 Å². The topological polar surface area (TPSA) is 383 Å². The molecule has 0 aliphatic carbocycles. The number of aliphatic hydroxyl groups is 1. The van der Waals surface area contributed by atoms with Gasteiger partial charge in [-0.05, 0) is 77.9 Å². The second-order valence-electron chi connectivity index (χ2n) is 22.4. The van der Waals surface area contributed by atoms with Crippen LogP contribution >= 0.6 is 0 Å². The normalized spacial score (nSPS) is 11.3. The second-order valence-corrected chi connectivity index (χ2v) is 22.4. The van der Waals surface area contributed by atoms with E-state index in [1.165, 1.54) is 6.20 Å². The highest BCUT2D eigenvalue weighted by Gasteiger charge is 2.33. The number of nitriles is 1. The van der Waals surface area contributed by atoms with Crippen LogP contribution in [0.25, 0.3) is 102 Å². The SMILES string of the molecule is CC(C)(C#N)c1cc(-c2cnc(N)c(-c3cc(-c4ccccc4)no3)n2)ccn1.CC(C)(C(=O)NCCO)c1cc(-c2cnc(N)c(-c3cc(-c4ccccc4)no3)n2)ccn1.CC(C)(C(=O)O)c1cc(-c2cnc(N)c(-c3cc(-c4ccccc4)no3)n2)ccn1. The van der Waals surface area contributed by atoms with Crippen LogP contribution in [0, 0.1) is 11.3 Å². The fourth-order valence-corrected chi connectivity index (χ4v) is 9.02. The molecule has 1 amide bonds. The third kappa shape index (κ3) is 14.0. The molecule has 0 aliphatic rings. The van der Waals surface area contributed by atoms with E-state index in [0.29, 0.717) is 91.2 Å². The number of aromatic nitrogens is 12. The van der Waals surface area contributed by atoms with Crippen LogP contribution in [0.3, 0.4) is 0 Å². The number of aliphatic carboxylic acids is 1. The first-order chi connectivity index (χ1) is 44.2. The van der Waals surface area contributed by atoms with Gasteiger partial charge in [-0.3, -0.25) is 24.5 Å². The van der Waals surface area contributed by atoms with E-state index in [2.05, 4.69) is 71.7 Å². The minimum Gasteiger partial charge on any atom is -0.481 e. The summed E-state index contributed by atoms with van der Waals surface area (Å²) in [6.07, 6.45) is 9.50. The summed E-state index contributed by atoms with van der Waals surface area (Å²) in [5.74, 6) is 0.687. The average Bonchev–Trinajstić information content (AvgIpc) is 1.17. The number of rotatable bonds is 16. The van der Waals surface area contributed by atoms with Crippen molar-refractivity contribution in [2.45, 2.75) is 57.8 Å². The molecule has 0 saturated carbocycles. The number of hydrogen-bond donors (Lipinski definition) is 6. The molecule has 9 N–H and O–H groups in total. The number of aliphatic hydroxyl groups excluding tert-OH is 1. The van der Waals surface area contributed by atoms with Crippen LogP contribution in [-0.2, 0) is 25.8 Å². The fraction of sp³-hybridized carbons (Fsp3) is 0.162. The van der Waals surface area contributed by atoms with Crippen molar-refractivity contribution in [3.63, 3.8) is 0 Å². The van der Waals surface area contributed by atoms with Gasteiger partial charge in [0.2, 0.25) is 5.91 Å². The number of amides is 1. The van der Waals surface area contributed by atoms with Gasteiger partial charge in [0.15, 0.2) is 51.8 Å². The van der Waals surface area contributed by atoms with Crippen LogP contribution < -0.4 is 22.5 Å². The molecule has 24 heteroatoms. The quantitative estimate of drug-likeness (QED) is 0.0523. The zero-order valence-corrected chi connectivity index (χ0v) is 50.7. The van der Waals surface area contributed by atoms with Crippen molar-refractivity contribution in [2.75, 3.05) is 30.4 Å². The Bertz CT molecular complexity index is 4620. The molecule has 24 nitrogen and oxygen atoms in total. The number of carboxylic acid groups (broad SMARTS) is 1. The van der Waals surface area contributed by atoms with Crippen LogP contribution in [0.1, 0.15) is 58.6 Å². The largest absolute Gasteiger partial charge is 0.481 e. The monoisotopic (exact) mass is 1230 g/mol. The van der Waals surface area contributed by atoms with Gasteiger partial charge in [0.05, 0.1) is 76.3 Å². The predicted octanol–water partition coefficient (Wildman–Crippen LogP) is 10.9. The lowest BCUT2D eigenvalue weighted by atomic mass is 9.86. The smallest absolute Gasteiger partial charge is 0.315 e. The number of nitrogens with two attached hydrogens (primary N) is 3. The molecular formula is C68H61N17O7. The van der Waals surface area contributed by atoms with Crippen molar-refractivity contribution in [1.82, 2.24) is 65.6 Å². The van der Waals surface area contributed by atoms with Crippen molar-refractivity contribution in [2.24, 2.45) is 0 Å². The second kappa shape index (κ2) is 27.0. The van der Waals surface area contributed by atoms with E-state index >= 15 is 0 Å². The third-order valence-electron chi connectivity index (χ3n) is 14.7. The number of carboxylic acids is 1. The molecule has 0 fully saturated rings. The van der Waals surface area contributed by atoms with Gasteiger partial charge in [-0.15, -0.1) is 0 Å². The predicted molar refractivity (Wildman–Crippen MR) is 344 cm³/mol. The summed E-state index contributed by atoms with van der Waals surface area (Å²) in [5, 5.41) is 42.9. The minimum atomic E-state index is -1.14. The van der Waals surface area contributed by atoms with Gasteiger partial charge in [-0.2, -0.15) is 5.26 Å². The highest BCUT2D eigenvalue weighted by Crippen LogP contribution is 2.35. The number of carbonyl (C=O) groups excluding carboxylic acids is 1. The summed E-state index contributed by atoms with van der Waals surface area (Å²) in [4.78, 5) is 63.7. The van der Waals surface area contributed by atoms with Gasteiger partial charge >= 0.3 is 5.97 Å². The molecule has 3 aromatic carbocycles. The van der Waals surface area contributed by atoms with Gasteiger partial charge in [0, 0.05) is 76.7 Å². The summed E-state index contributed by atoms with van der Waals surface area (Å²) >= 11 is 0. The van der Waals surface area contributed by atoms with Gasteiger partial charge in [0.25, 0.3) is 0 Å². The minimum absolute atomic E-state index is 0.132. The van der Waals surface area contributed by atoms with E-state index in [0.717, 1.165) is 27.8 Å². The molecule has 12 rings (SSSR count). The Morgan fingerprint density at radius 1 is 0.467 bits per heavy atom. The number of pyridine rings is 3. The molecule has 0 aliphatic heterocycles. The first-order valence-electron chi connectivity index (χ1n) is 28.6. The molecule has 0 spiro atoms. The molecule has 0 bridgehead atoms. The average molecular weight is 1230 g/mol. The molecule has 0 atom stereocenters. The third-order valence-corrected chi connectivity index (χ3v) is 14.7. The lowest BCUT2D eigenvalue weighted by Crippen LogP contribution is -2.41. The van der Waals surface area contributed by atoms with E-state index in [4.69, 9.17) is 35.9 Å². The molecule has 9 heterocycles. The van der Waals surface area contributed by atoms with Gasteiger partial charge in [0.1, 0.15) is 22.5 Å². The fourth-order valence-electron chi connectivity index (χ4n) is 9.02. The maximum Gasteiger partial charge on any atom is 0.315 e. The number of benzene rings is 3. The van der Waals surface area contributed by atoms with Crippen molar-refractivity contribution in [1.29, 1.82) is 5.26 Å². The van der Waals surface area contributed by atoms with E-state index in [1.807, 2.05) is 117 Å². The van der Waals surface area contributed by atoms with Crippen molar-refractivity contribution >= 4 is 29.3 Å². The Kier molecular flexibility index (Phi) is 18.5. The zero-order valence-electron chi connectivity index (χ0n) is 50.7. The van der Waals surface area contributed by atoms with Crippen LogP contribution in [0.2, 0.25) is 0 Å². The zero-order chi connectivity index (χ0) is 65.2. The summed E-state index contributed by atoms with van der Waals surface area (Å²) in [6.45, 7) is 10.4. The van der Waals surface area contributed by atoms with Crippen LogP contribution in [-0.4, -0.2) is 95.6 Å². The van der Waals surface area contributed by atoms with Crippen molar-refractivity contribution in [3.8, 4) is 108 Å². The van der Waals surface area contributed by atoms with Crippen LogP contribution in [0.4, 0.5) is 17.5 Å². The highest BCUT2D eigenvalue weighted by molar-refractivity contribution is 5.87. The van der Waals surface area contributed by atoms with E-state index < -0.39 is 22.2 Å². The van der Waals surface area contributed by atoms with E-state index in [9.17, 15) is 20.0 Å². The molecule has 12 aromatic rings. The number of anilines is 3. The summed E-state index contributed by atoms with van der Waals surface area (Å²) in [6, 6.07) is 47.2. The number of nitrogens with zero attached hydrogens (tertiary/aromatic N) is 13. The van der Waals surface area contributed by atoms with Crippen LogP contribution in [0.15, 0.2) is 196 Å². The molecular weight excluding hydrogens is 1170 g/mol. The Morgan fingerprint density at radius 3 is 1.14 bits per heavy atom. The lowest BCUT2D eigenvalue weighted by Gasteiger charge is -2.23. The van der Waals surface area contributed by atoms with Gasteiger partial charge in [-0.1, -0.05) is 106 Å². The summed E-state index contributed by atoms with van der Waals surface area (Å²) in [5.41, 5.74) is 26.8. The van der Waals surface area contributed by atoms with E-state index in [-0.39, 0.29) is 36.5 Å². The van der Waals surface area contributed by atoms with Crippen molar-refractivity contribution < 1.29 is 33.4 Å². The lowest BCUT2D eigenvalue weighted by molar-refractivity contribution is -0.142. The van der Waals surface area contributed by atoms with Crippen molar-refractivity contribution in [3.05, 3.63) is 200 Å². The molecule has 0 unspecified atom stereocenters. The molecule has 460 valence electrons. The number of carbonyl (C=O) groups is 2. The Hall–Kier alpha value is -12.2. The molecule has 9 aromatic heterocycles. The highest BCUT2D eigenvalue weighted by atomic mass is 16.5. The summed E-state index contributed by atoms with van der Waals surface area (Å²) < 4.78 is 16.5. The number of nitrogen functional groups attached to an aromatic ring is 3. The Morgan fingerprint density at radius 2 is 0.804 bits per heavy atom. The number of nitrogens with one attached hydrogen (secondary N) is 1. The molecule has 92 heavy (non-hydrogen) atoms. The Labute approximate surface area is 527 Å². The van der Waals surface area contributed by atoms with Crippen LogP contribution in [0.5, 0.6) is 0 Å². The van der Waals surface area contributed by atoms with E-state index in [1.54, 1.807) is 101 Å². The Balaban J connectivity index is 0.000000152. The molecule has 0 saturated heterocycles. The maximum atomic E-state index is 12.5. The van der Waals surface area contributed by atoms with Gasteiger partial charge in [-0.25, -0.2) is 29.9 Å². The summed E-state index contributed by atoms with van der Waals surface area (Å²) in [7, 11) is 0. The first-order valence-corrected chi connectivity index (χ1v) is 28.6.